The Balaban J connectivity index is 1.73. The standard InChI is InChI=1S/C16H21ClN2O/c17-15-14(7-4-10-18-15)16(20)19(13-8-9-13)11-12-5-2-1-3-6-12/h4,7,10,12-13H,1-3,5-6,8-9,11H2. The van der Waals surface area contributed by atoms with Crippen molar-refractivity contribution in [3.8, 4) is 0 Å². The zero-order chi connectivity index (χ0) is 13.9. The number of aromatic nitrogens is 1. The van der Waals surface area contributed by atoms with Gasteiger partial charge in [-0.25, -0.2) is 4.98 Å². The molecule has 0 bridgehead atoms. The normalized spacial score (nSPS) is 19.9. The highest BCUT2D eigenvalue weighted by Crippen LogP contribution is 2.33. The van der Waals surface area contributed by atoms with Gasteiger partial charge >= 0.3 is 0 Å². The molecular weight excluding hydrogens is 272 g/mol. The van der Waals surface area contributed by atoms with E-state index >= 15 is 0 Å². The van der Waals surface area contributed by atoms with E-state index in [4.69, 9.17) is 11.6 Å². The van der Waals surface area contributed by atoms with Gasteiger partial charge in [-0.2, -0.15) is 0 Å². The molecule has 0 N–H and O–H groups in total. The molecule has 4 heteroatoms. The highest BCUT2D eigenvalue weighted by molar-refractivity contribution is 6.32. The Morgan fingerprint density at radius 3 is 2.65 bits per heavy atom. The van der Waals surface area contributed by atoms with E-state index in [9.17, 15) is 4.79 Å². The van der Waals surface area contributed by atoms with Crippen LogP contribution in [0.25, 0.3) is 0 Å². The topological polar surface area (TPSA) is 33.2 Å². The van der Waals surface area contributed by atoms with E-state index in [1.54, 1.807) is 18.3 Å². The fraction of sp³-hybridized carbons (Fsp3) is 0.625. The molecule has 1 aromatic rings. The summed E-state index contributed by atoms with van der Waals surface area (Å²) < 4.78 is 0. The summed E-state index contributed by atoms with van der Waals surface area (Å²) in [5, 5.41) is 0.326. The van der Waals surface area contributed by atoms with Crippen LogP contribution in [0.1, 0.15) is 55.3 Å². The van der Waals surface area contributed by atoms with E-state index in [0.29, 0.717) is 22.7 Å². The van der Waals surface area contributed by atoms with Gasteiger partial charge in [0.25, 0.3) is 5.91 Å². The third kappa shape index (κ3) is 3.14. The lowest BCUT2D eigenvalue weighted by Gasteiger charge is -2.30. The van der Waals surface area contributed by atoms with Crippen LogP contribution in [0.5, 0.6) is 0 Å². The van der Waals surface area contributed by atoms with Gasteiger partial charge in [0, 0.05) is 18.8 Å². The van der Waals surface area contributed by atoms with Crippen LogP contribution in [-0.4, -0.2) is 28.4 Å². The summed E-state index contributed by atoms with van der Waals surface area (Å²) in [6, 6.07) is 4.00. The van der Waals surface area contributed by atoms with Crippen molar-refractivity contribution in [3.63, 3.8) is 0 Å². The number of rotatable bonds is 4. The highest BCUT2D eigenvalue weighted by atomic mass is 35.5. The van der Waals surface area contributed by atoms with Gasteiger partial charge < -0.3 is 4.90 Å². The van der Waals surface area contributed by atoms with Gasteiger partial charge in [-0.1, -0.05) is 30.9 Å². The fourth-order valence-corrected chi connectivity index (χ4v) is 3.33. The number of pyridine rings is 1. The Hall–Kier alpha value is -1.09. The second-order valence-electron chi connectivity index (χ2n) is 6.03. The maximum atomic E-state index is 12.7. The van der Waals surface area contributed by atoms with Crippen molar-refractivity contribution >= 4 is 17.5 Å². The number of amides is 1. The van der Waals surface area contributed by atoms with Gasteiger partial charge in [0.15, 0.2) is 0 Å². The van der Waals surface area contributed by atoms with E-state index in [-0.39, 0.29) is 5.91 Å². The molecule has 1 aromatic heterocycles. The summed E-state index contributed by atoms with van der Waals surface area (Å²) in [7, 11) is 0. The quantitative estimate of drug-likeness (QED) is 0.788. The Bertz CT molecular complexity index is 481. The van der Waals surface area contributed by atoms with Crippen LogP contribution in [0.3, 0.4) is 0 Å². The van der Waals surface area contributed by atoms with E-state index in [0.717, 1.165) is 19.4 Å². The minimum absolute atomic E-state index is 0.0659. The number of carbonyl (C=O) groups is 1. The Kier molecular flexibility index (Phi) is 4.25. The van der Waals surface area contributed by atoms with Crippen molar-refractivity contribution < 1.29 is 4.79 Å². The van der Waals surface area contributed by atoms with Crippen LogP contribution in [-0.2, 0) is 0 Å². The monoisotopic (exact) mass is 292 g/mol. The van der Waals surface area contributed by atoms with Gasteiger partial charge in [0.05, 0.1) is 5.56 Å². The zero-order valence-electron chi connectivity index (χ0n) is 11.7. The molecule has 2 saturated carbocycles. The molecule has 3 nitrogen and oxygen atoms in total. The summed E-state index contributed by atoms with van der Waals surface area (Å²) in [5.41, 5.74) is 0.553. The SMILES string of the molecule is O=C(c1cccnc1Cl)N(CC1CCCCC1)C1CC1. The van der Waals surface area contributed by atoms with Crippen LogP contribution in [0, 0.1) is 5.92 Å². The van der Waals surface area contributed by atoms with E-state index < -0.39 is 0 Å². The van der Waals surface area contributed by atoms with Crippen LogP contribution < -0.4 is 0 Å². The van der Waals surface area contributed by atoms with Crippen molar-refractivity contribution in [1.82, 2.24) is 9.88 Å². The van der Waals surface area contributed by atoms with Crippen molar-refractivity contribution in [3.05, 3.63) is 29.0 Å². The molecule has 1 heterocycles. The lowest BCUT2D eigenvalue weighted by atomic mass is 9.89. The summed E-state index contributed by atoms with van der Waals surface area (Å²) >= 11 is 6.07. The second-order valence-corrected chi connectivity index (χ2v) is 6.39. The van der Waals surface area contributed by atoms with Gasteiger partial charge in [-0.15, -0.1) is 0 Å². The van der Waals surface area contributed by atoms with Crippen LogP contribution in [0.4, 0.5) is 0 Å². The largest absolute Gasteiger partial charge is 0.335 e. The minimum atomic E-state index is 0.0659. The average molecular weight is 293 g/mol. The summed E-state index contributed by atoms with van der Waals surface area (Å²) in [6.45, 7) is 0.898. The third-order valence-corrected chi connectivity index (χ3v) is 4.72. The van der Waals surface area contributed by atoms with Crippen LogP contribution >= 0.6 is 11.6 Å². The molecule has 0 saturated heterocycles. The Labute approximate surface area is 125 Å². The Morgan fingerprint density at radius 1 is 1.25 bits per heavy atom. The number of nitrogens with zero attached hydrogens (tertiary/aromatic N) is 2. The van der Waals surface area contributed by atoms with Crippen LogP contribution in [0.2, 0.25) is 5.15 Å². The molecule has 0 unspecified atom stereocenters. The second kappa shape index (κ2) is 6.13. The highest BCUT2D eigenvalue weighted by Gasteiger charge is 2.35. The van der Waals surface area contributed by atoms with E-state index in [1.807, 2.05) is 0 Å². The molecule has 0 radical (unpaired) electrons. The van der Waals surface area contributed by atoms with Crippen molar-refractivity contribution in [2.45, 2.75) is 51.0 Å². The molecule has 1 amide bonds. The fourth-order valence-electron chi connectivity index (χ4n) is 3.13. The summed E-state index contributed by atoms with van der Waals surface area (Å²) in [5.74, 6) is 0.736. The molecule has 3 rings (SSSR count). The first-order chi connectivity index (χ1) is 9.75. The maximum Gasteiger partial charge on any atom is 0.257 e. The minimum Gasteiger partial charge on any atom is -0.335 e. The number of halogens is 1. The molecule has 20 heavy (non-hydrogen) atoms. The predicted octanol–water partition coefficient (Wildman–Crippen LogP) is 3.92. The number of carbonyl (C=O) groups excluding carboxylic acids is 1. The first kappa shape index (κ1) is 13.9. The predicted molar refractivity (Wildman–Crippen MR) is 79.9 cm³/mol. The van der Waals surface area contributed by atoms with Gasteiger partial charge in [0.2, 0.25) is 0 Å². The molecule has 2 aliphatic rings. The average Bonchev–Trinajstić information content (AvgIpc) is 3.30. The van der Waals surface area contributed by atoms with Crippen molar-refractivity contribution in [1.29, 1.82) is 0 Å². The first-order valence-corrected chi connectivity index (χ1v) is 8.05. The Morgan fingerprint density at radius 2 is 2.00 bits per heavy atom. The van der Waals surface area contributed by atoms with Crippen LogP contribution in [0.15, 0.2) is 18.3 Å². The molecule has 0 aliphatic heterocycles. The third-order valence-electron chi connectivity index (χ3n) is 4.42. The number of hydrogen-bond donors (Lipinski definition) is 0. The summed E-state index contributed by atoms with van der Waals surface area (Å²) in [4.78, 5) is 18.8. The zero-order valence-corrected chi connectivity index (χ0v) is 12.5. The molecule has 2 aliphatic carbocycles. The summed E-state index contributed by atoms with van der Waals surface area (Å²) in [6.07, 6.45) is 10.4. The molecule has 0 atom stereocenters. The number of hydrogen-bond acceptors (Lipinski definition) is 2. The first-order valence-electron chi connectivity index (χ1n) is 7.67. The molecule has 0 spiro atoms. The molecule has 2 fully saturated rings. The maximum absolute atomic E-state index is 12.7. The van der Waals surface area contributed by atoms with Crippen molar-refractivity contribution in [2.75, 3.05) is 6.54 Å². The van der Waals surface area contributed by atoms with E-state index in [1.165, 1.54) is 32.1 Å². The lowest BCUT2D eigenvalue weighted by Crippen LogP contribution is -2.38. The smallest absolute Gasteiger partial charge is 0.257 e. The lowest BCUT2D eigenvalue weighted by molar-refractivity contribution is 0.0698. The molecular formula is C16H21ClN2O. The van der Waals surface area contributed by atoms with Crippen molar-refractivity contribution in [2.24, 2.45) is 5.92 Å². The van der Waals surface area contributed by atoms with Gasteiger partial charge in [-0.05, 0) is 43.7 Å². The van der Waals surface area contributed by atoms with Gasteiger partial charge in [0.1, 0.15) is 5.15 Å². The van der Waals surface area contributed by atoms with E-state index in [2.05, 4.69) is 9.88 Å². The molecule has 108 valence electrons. The molecule has 0 aromatic carbocycles. The van der Waals surface area contributed by atoms with Gasteiger partial charge in [-0.3, -0.25) is 4.79 Å².